The summed E-state index contributed by atoms with van der Waals surface area (Å²) in [6, 6.07) is 5.98. The number of rotatable bonds is 10. The number of hydrogen-bond donors (Lipinski definition) is 2. The normalized spacial score (nSPS) is 18.2. The fraction of sp³-hybridized carbons (Fsp3) is 0.467. The van der Waals surface area contributed by atoms with Crippen LogP contribution in [-0.2, 0) is 35.3 Å². The number of benzene rings is 1. The van der Waals surface area contributed by atoms with Gasteiger partial charge in [0, 0.05) is 11.6 Å². The van der Waals surface area contributed by atoms with Gasteiger partial charge in [0.1, 0.15) is 50.7 Å². The molecule has 4 rings (SSSR count). The highest BCUT2D eigenvalue weighted by Crippen LogP contribution is 2.41. The van der Waals surface area contributed by atoms with E-state index in [0.29, 0.717) is 17.1 Å². The van der Waals surface area contributed by atoms with Crippen LogP contribution < -0.4 is 15.4 Å². The van der Waals surface area contributed by atoms with E-state index in [4.69, 9.17) is 42.3 Å². The number of methoxy groups -OCH3 is 1. The largest absolute Gasteiger partial charge is 0.497 e. The molecule has 1 fully saturated rings. The van der Waals surface area contributed by atoms with Crippen LogP contribution >= 0.6 is 46.3 Å². The van der Waals surface area contributed by atoms with Gasteiger partial charge in [-0.05, 0) is 64.8 Å². The van der Waals surface area contributed by atoms with Crippen molar-refractivity contribution in [2.24, 2.45) is 5.16 Å². The first kappa shape index (κ1) is 36.3. The molecule has 13 nitrogen and oxygen atoms in total. The summed E-state index contributed by atoms with van der Waals surface area (Å²) < 4.78 is 16.0. The molecule has 1 aromatic heterocycles. The average Bonchev–Trinajstić information content (AvgIpc) is 3.35. The Morgan fingerprint density at radius 2 is 1.79 bits per heavy atom. The van der Waals surface area contributed by atoms with Gasteiger partial charge in [-0.1, -0.05) is 40.2 Å². The van der Waals surface area contributed by atoms with Gasteiger partial charge in [-0.2, -0.15) is 0 Å². The molecule has 0 bridgehead atoms. The van der Waals surface area contributed by atoms with Gasteiger partial charge >= 0.3 is 12.1 Å². The Morgan fingerprint density at radius 3 is 2.38 bits per heavy atom. The van der Waals surface area contributed by atoms with Crippen molar-refractivity contribution in [2.75, 3.05) is 24.1 Å². The third-order valence-electron chi connectivity index (χ3n) is 6.26. The predicted octanol–water partition coefficient (Wildman–Crippen LogP) is 5.31. The number of esters is 1. The Hall–Kier alpha value is -3.53. The SMILES string of the molecule is COc1ccc(COC(=O)C2=C(CCl)CSC3C(NC(=O)/C(=N\OC(C)(C)C)c4nc(NC(=O)OC(C)(C)C)sc4Cl)C(=O)N23)cc1. The lowest BCUT2D eigenvalue weighted by Gasteiger charge is -2.49. The molecule has 2 aliphatic rings. The van der Waals surface area contributed by atoms with Gasteiger partial charge in [0.05, 0.1) is 7.11 Å². The van der Waals surface area contributed by atoms with Crippen LogP contribution in [-0.4, -0.2) is 80.8 Å². The highest BCUT2D eigenvalue weighted by Gasteiger charge is 2.54. The summed E-state index contributed by atoms with van der Waals surface area (Å²) in [4.78, 5) is 63.7. The average molecular weight is 729 g/mol. The zero-order chi connectivity index (χ0) is 34.7. The minimum absolute atomic E-state index is 0.0103. The quantitative estimate of drug-likeness (QED) is 0.108. The number of fused-ring (bicyclic) bond motifs is 1. The van der Waals surface area contributed by atoms with Crippen LogP contribution in [0.2, 0.25) is 4.34 Å². The molecule has 0 radical (unpaired) electrons. The van der Waals surface area contributed by atoms with Crippen molar-refractivity contribution in [2.45, 2.75) is 70.8 Å². The Kier molecular flexibility index (Phi) is 11.4. The van der Waals surface area contributed by atoms with Gasteiger partial charge in [-0.3, -0.25) is 19.8 Å². The minimum Gasteiger partial charge on any atom is -0.497 e. The maximum absolute atomic E-state index is 13.7. The first-order chi connectivity index (χ1) is 22.0. The molecule has 0 aliphatic carbocycles. The molecule has 1 saturated heterocycles. The van der Waals surface area contributed by atoms with E-state index in [1.54, 1.807) is 72.9 Å². The second-order valence-corrected chi connectivity index (χ2v) is 15.3. The number of ether oxygens (including phenoxy) is 3. The molecule has 1 aromatic carbocycles. The number of amides is 3. The Bertz CT molecular complexity index is 1600. The Balaban J connectivity index is 1.51. The van der Waals surface area contributed by atoms with Crippen molar-refractivity contribution in [3.63, 3.8) is 0 Å². The maximum Gasteiger partial charge on any atom is 0.413 e. The molecular formula is C30H35Cl2N5O8S2. The number of nitrogens with one attached hydrogen (secondary N) is 2. The second-order valence-electron chi connectivity index (χ2n) is 12.3. The van der Waals surface area contributed by atoms with Gasteiger partial charge in [-0.25, -0.2) is 14.6 Å². The first-order valence-corrected chi connectivity index (χ1v) is 17.1. The number of carbonyl (C=O) groups is 4. The van der Waals surface area contributed by atoms with E-state index >= 15 is 0 Å². The van der Waals surface area contributed by atoms with Crippen LogP contribution in [0.3, 0.4) is 0 Å². The lowest BCUT2D eigenvalue weighted by Crippen LogP contribution is -2.71. The number of nitrogens with zero attached hydrogens (tertiary/aromatic N) is 3. The predicted molar refractivity (Wildman–Crippen MR) is 180 cm³/mol. The molecule has 2 aromatic rings. The van der Waals surface area contributed by atoms with E-state index in [2.05, 4.69) is 20.8 Å². The molecule has 0 spiro atoms. The van der Waals surface area contributed by atoms with E-state index in [0.717, 1.165) is 16.9 Å². The third kappa shape index (κ3) is 9.09. The van der Waals surface area contributed by atoms with E-state index in [1.165, 1.54) is 16.7 Å². The number of β-lactam (4-membered cyclic amide) rings is 1. The summed E-state index contributed by atoms with van der Waals surface area (Å²) in [5.41, 5.74) is -0.628. The maximum atomic E-state index is 13.7. The third-order valence-corrected chi connectivity index (χ3v) is 9.09. The minimum atomic E-state index is -1.02. The molecule has 2 aliphatic heterocycles. The lowest BCUT2D eigenvalue weighted by atomic mass is 10.0. The smallest absolute Gasteiger partial charge is 0.413 e. The van der Waals surface area contributed by atoms with Crippen LogP contribution in [0.15, 0.2) is 40.7 Å². The summed E-state index contributed by atoms with van der Waals surface area (Å²) >= 11 is 14.8. The van der Waals surface area contributed by atoms with E-state index in [-0.39, 0.29) is 39.1 Å². The van der Waals surface area contributed by atoms with Crippen molar-refractivity contribution in [3.05, 3.63) is 51.1 Å². The summed E-state index contributed by atoms with van der Waals surface area (Å²) in [5.74, 6) is -1.05. The van der Waals surface area contributed by atoms with Crippen molar-refractivity contribution in [3.8, 4) is 5.75 Å². The van der Waals surface area contributed by atoms with Crippen molar-refractivity contribution in [1.82, 2.24) is 15.2 Å². The molecule has 17 heteroatoms. The molecule has 2 N–H and O–H groups in total. The van der Waals surface area contributed by atoms with Crippen LogP contribution in [0.1, 0.15) is 52.8 Å². The van der Waals surface area contributed by atoms with Gasteiger partial charge in [0.15, 0.2) is 10.8 Å². The number of hydrogen-bond acceptors (Lipinski definition) is 12. The van der Waals surface area contributed by atoms with Crippen LogP contribution in [0.4, 0.5) is 9.93 Å². The molecular weight excluding hydrogens is 693 g/mol. The number of carbonyl (C=O) groups excluding carboxylic acids is 4. The van der Waals surface area contributed by atoms with Crippen molar-refractivity contribution < 1.29 is 38.2 Å². The number of halogens is 2. The summed E-state index contributed by atoms with van der Waals surface area (Å²) in [6.07, 6.45) is -0.763. The van der Waals surface area contributed by atoms with Crippen LogP contribution in [0.5, 0.6) is 5.75 Å². The fourth-order valence-electron chi connectivity index (χ4n) is 4.19. The number of oxime groups is 1. The van der Waals surface area contributed by atoms with Crippen LogP contribution in [0, 0.1) is 0 Å². The standard InChI is InChI=1S/C30H35Cl2N5O8S2/c1-29(2,3)44-28(41)35-27-34-18(22(32)47-27)19(36-45-30(4,5)6)23(38)33-20-24(39)37-21(16(12-31)14-46-25(20)37)26(40)43-13-15-8-10-17(42-7)11-9-15/h8-11,20,25H,12-14H2,1-7H3,(H,33,38)(H,34,35,41)/b36-19-. The van der Waals surface area contributed by atoms with Gasteiger partial charge < -0.3 is 24.4 Å². The monoisotopic (exact) mass is 727 g/mol. The molecule has 0 saturated carbocycles. The Morgan fingerprint density at radius 1 is 1.11 bits per heavy atom. The second kappa shape index (κ2) is 14.7. The van der Waals surface area contributed by atoms with Crippen molar-refractivity contribution >= 4 is 81.0 Å². The number of thiazole rings is 1. The van der Waals surface area contributed by atoms with E-state index < -0.39 is 46.5 Å². The fourth-order valence-corrected chi connectivity index (χ4v) is 6.90. The van der Waals surface area contributed by atoms with Gasteiger partial charge in [0.25, 0.3) is 11.8 Å². The molecule has 3 heterocycles. The summed E-state index contributed by atoms with van der Waals surface area (Å²) in [5, 5.41) is 8.64. The Labute approximate surface area is 290 Å². The molecule has 3 amide bonds. The van der Waals surface area contributed by atoms with Gasteiger partial charge in [0.2, 0.25) is 0 Å². The van der Waals surface area contributed by atoms with Crippen LogP contribution in [0.25, 0.3) is 0 Å². The lowest BCUT2D eigenvalue weighted by molar-refractivity contribution is -0.153. The highest BCUT2D eigenvalue weighted by molar-refractivity contribution is 8.00. The number of aromatic nitrogens is 1. The van der Waals surface area contributed by atoms with E-state index in [9.17, 15) is 19.2 Å². The zero-order valence-corrected chi connectivity index (χ0v) is 29.9. The topological polar surface area (TPSA) is 158 Å². The molecule has 2 atom stereocenters. The molecule has 254 valence electrons. The summed E-state index contributed by atoms with van der Waals surface area (Å²) in [6.45, 7) is 10.3. The van der Waals surface area contributed by atoms with E-state index in [1.807, 2.05) is 0 Å². The molecule has 47 heavy (non-hydrogen) atoms. The number of anilines is 1. The molecule has 2 unspecified atom stereocenters. The first-order valence-electron chi connectivity index (χ1n) is 14.3. The number of thioether (sulfide) groups is 1. The highest BCUT2D eigenvalue weighted by atomic mass is 35.5. The summed E-state index contributed by atoms with van der Waals surface area (Å²) in [7, 11) is 1.55. The number of alkyl halides is 1. The zero-order valence-electron chi connectivity index (χ0n) is 26.8. The van der Waals surface area contributed by atoms with Gasteiger partial charge in [-0.15, -0.1) is 23.4 Å². The van der Waals surface area contributed by atoms with Crippen molar-refractivity contribution in [1.29, 1.82) is 0 Å².